The van der Waals surface area contributed by atoms with Gasteiger partial charge in [-0.3, -0.25) is 14.4 Å². The first-order valence-electron chi connectivity index (χ1n) is 10.1. The monoisotopic (exact) mass is 405 g/mol. The van der Waals surface area contributed by atoms with Crippen molar-refractivity contribution in [2.45, 2.75) is 12.6 Å². The largest absolute Gasteiger partial charge is 0.361 e. The number of benzene rings is 1. The van der Waals surface area contributed by atoms with Crippen LogP contribution in [0.4, 0.5) is 0 Å². The summed E-state index contributed by atoms with van der Waals surface area (Å²) >= 11 is 0. The van der Waals surface area contributed by atoms with Gasteiger partial charge in [0.15, 0.2) is 0 Å². The van der Waals surface area contributed by atoms with Crippen LogP contribution in [-0.2, 0) is 6.54 Å². The van der Waals surface area contributed by atoms with Gasteiger partial charge in [-0.1, -0.05) is 12.1 Å². The Balaban J connectivity index is 1.50. The number of aromatic nitrogens is 2. The Bertz CT molecular complexity index is 1200. The fourth-order valence-corrected chi connectivity index (χ4v) is 4.51. The summed E-state index contributed by atoms with van der Waals surface area (Å²) in [6.45, 7) is 2.09. The highest BCUT2D eigenvalue weighted by molar-refractivity contribution is 5.99. The van der Waals surface area contributed by atoms with Crippen LogP contribution >= 0.6 is 0 Å². The van der Waals surface area contributed by atoms with Crippen LogP contribution < -0.4 is 21.5 Å². The van der Waals surface area contributed by atoms with Gasteiger partial charge in [0.25, 0.3) is 17.4 Å². The molecule has 0 bridgehead atoms. The summed E-state index contributed by atoms with van der Waals surface area (Å²) < 4.78 is 1.44. The number of amides is 2. The van der Waals surface area contributed by atoms with Gasteiger partial charge in [0.2, 0.25) is 0 Å². The van der Waals surface area contributed by atoms with Crippen molar-refractivity contribution in [1.29, 1.82) is 0 Å². The Labute approximate surface area is 172 Å². The number of carbonyl (C=O) groups is 2. The van der Waals surface area contributed by atoms with Crippen molar-refractivity contribution in [2.75, 3.05) is 20.1 Å². The molecule has 5 rings (SSSR count). The molecular weight excluding hydrogens is 382 g/mol. The second-order valence-corrected chi connectivity index (χ2v) is 8.00. The first kappa shape index (κ1) is 18.6. The van der Waals surface area contributed by atoms with Gasteiger partial charge < -0.3 is 25.5 Å². The SMILES string of the molecule is CNC(=O)c1cc(C(=O)N[C@H]2[C@@H]3CNC[C@@H]32)cn(Cc2cccc3[nH]ccc23)c1=O. The van der Waals surface area contributed by atoms with E-state index in [1.807, 2.05) is 30.5 Å². The highest BCUT2D eigenvalue weighted by Crippen LogP contribution is 2.41. The number of fused-ring (bicyclic) bond motifs is 2. The van der Waals surface area contributed by atoms with E-state index in [1.54, 1.807) is 6.20 Å². The topological polar surface area (TPSA) is 108 Å². The van der Waals surface area contributed by atoms with Crippen LogP contribution in [0.3, 0.4) is 0 Å². The molecule has 4 N–H and O–H groups in total. The smallest absolute Gasteiger partial charge is 0.263 e. The van der Waals surface area contributed by atoms with E-state index >= 15 is 0 Å². The quantitative estimate of drug-likeness (QED) is 0.501. The van der Waals surface area contributed by atoms with E-state index in [-0.39, 0.29) is 24.1 Å². The summed E-state index contributed by atoms with van der Waals surface area (Å²) in [5.74, 6) is 0.192. The zero-order valence-electron chi connectivity index (χ0n) is 16.6. The molecule has 2 amide bonds. The fraction of sp³-hybridized carbons (Fsp3) is 0.318. The number of aromatic amines is 1. The van der Waals surface area contributed by atoms with Crippen molar-refractivity contribution >= 4 is 22.7 Å². The van der Waals surface area contributed by atoms with Crippen LogP contribution in [-0.4, -0.2) is 47.5 Å². The van der Waals surface area contributed by atoms with E-state index in [0.29, 0.717) is 17.4 Å². The predicted octanol–water partition coefficient (Wildman–Crippen LogP) is 0.685. The van der Waals surface area contributed by atoms with Gasteiger partial charge in [-0.25, -0.2) is 0 Å². The molecule has 1 aliphatic carbocycles. The summed E-state index contributed by atoms with van der Waals surface area (Å²) in [5.41, 5.74) is 1.75. The number of nitrogens with zero attached hydrogens (tertiary/aromatic N) is 1. The molecule has 3 heterocycles. The van der Waals surface area contributed by atoms with Gasteiger partial charge >= 0.3 is 0 Å². The lowest BCUT2D eigenvalue weighted by Crippen LogP contribution is -2.36. The van der Waals surface area contributed by atoms with Crippen molar-refractivity contribution in [1.82, 2.24) is 25.5 Å². The molecule has 3 aromatic rings. The molecule has 30 heavy (non-hydrogen) atoms. The fourth-order valence-electron chi connectivity index (χ4n) is 4.51. The van der Waals surface area contributed by atoms with Crippen LogP contribution in [0.15, 0.2) is 47.5 Å². The predicted molar refractivity (Wildman–Crippen MR) is 113 cm³/mol. The lowest BCUT2D eigenvalue weighted by Gasteiger charge is -2.13. The Morgan fingerprint density at radius 1 is 1.17 bits per heavy atom. The molecule has 1 aromatic carbocycles. The third-order valence-electron chi connectivity index (χ3n) is 6.24. The minimum Gasteiger partial charge on any atom is -0.361 e. The molecule has 0 spiro atoms. The molecular formula is C22H23N5O3. The maximum Gasteiger partial charge on any atom is 0.263 e. The summed E-state index contributed by atoms with van der Waals surface area (Å²) in [7, 11) is 1.47. The standard InChI is InChI=1S/C22H23N5O3/c1-23-21(29)15-7-13(20(28)26-19-16-8-24-9-17(16)19)11-27(22(15)30)10-12-3-2-4-18-14(12)5-6-25-18/h2-7,11,16-17,19,24-25H,8-10H2,1H3,(H,23,29)(H,26,28)/t16-,17+,19+. The molecule has 8 heteroatoms. The molecule has 0 unspecified atom stereocenters. The van der Waals surface area contributed by atoms with E-state index in [1.165, 1.54) is 17.7 Å². The molecule has 8 nitrogen and oxygen atoms in total. The summed E-state index contributed by atoms with van der Waals surface area (Å²) in [4.78, 5) is 41.3. The van der Waals surface area contributed by atoms with Crippen molar-refractivity contribution in [3.8, 4) is 0 Å². The van der Waals surface area contributed by atoms with E-state index in [4.69, 9.17) is 0 Å². The van der Waals surface area contributed by atoms with Crippen molar-refractivity contribution < 1.29 is 9.59 Å². The minimum atomic E-state index is -0.504. The first-order chi connectivity index (χ1) is 14.6. The van der Waals surface area contributed by atoms with Gasteiger partial charge in [0, 0.05) is 49.5 Å². The molecule has 2 aliphatic rings. The highest BCUT2D eigenvalue weighted by atomic mass is 16.2. The van der Waals surface area contributed by atoms with Crippen molar-refractivity contribution in [3.63, 3.8) is 0 Å². The third-order valence-corrected chi connectivity index (χ3v) is 6.24. The molecule has 1 saturated carbocycles. The lowest BCUT2D eigenvalue weighted by molar-refractivity contribution is 0.0945. The van der Waals surface area contributed by atoms with Crippen LogP contribution in [0.1, 0.15) is 26.3 Å². The van der Waals surface area contributed by atoms with Gasteiger partial charge in [0.05, 0.1) is 12.1 Å². The van der Waals surface area contributed by atoms with E-state index in [9.17, 15) is 14.4 Å². The zero-order valence-corrected chi connectivity index (χ0v) is 16.6. The van der Waals surface area contributed by atoms with Gasteiger partial charge in [0.1, 0.15) is 5.56 Å². The molecule has 154 valence electrons. The number of H-pyrrole nitrogens is 1. The van der Waals surface area contributed by atoms with Gasteiger partial charge in [-0.15, -0.1) is 0 Å². The maximum atomic E-state index is 13.0. The van der Waals surface area contributed by atoms with E-state index in [2.05, 4.69) is 20.9 Å². The average molecular weight is 405 g/mol. The Hall–Kier alpha value is -3.39. The first-order valence-corrected chi connectivity index (χ1v) is 10.1. The van der Waals surface area contributed by atoms with Crippen LogP contribution in [0.5, 0.6) is 0 Å². The highest BCUT2D eigenvalue weighted by Gasteiger charge is 2.53. The van der Waals surface area contributed by atoms with E-state index in [0.717, 1.165) is 29.6 Å². The lowest BCUT2D eigenvalue weighted by atomic mass is 10.1. The van der Waals surface area contributed by atoms with Crippen LogP contribution in [0, 0.1) is 11.8 Å². The average Bonchev–Trinajstić information content (AvgIpc) is 3.14. The third kappa shape index (κ3) is 3.09. The minimum absolute atomic E-state index is 0.0379. The van der Waals surface area contributed by atoms with E-state index < -0.39 is 11.5 Å². The Kier molecular flexibility index (Phi) is 4.43. The van der Waals surface area contributed by atoms with Crippen molar-refractivity contribution in [2.24, 2.45) is 11.8 Å². The Morgan fingerprint density at radius 3 is 2.73 bits per heavy atom. The molecule has 1 saturated heterocycles. The molecule has 1 aliphatic heterocycles. The number of pyridine rings is 1. The van der Waals surface area contributed by atoms with Gasteiger partial charge in [-0.2, -0.15) is 0 Å². The van der Waals surface area contributed by atoms with Gasteiger partial charge in [-0.05, 0) is 35.6 Å². The normalized spacial score (nSPS) is 22.0. The molecule has 2 fully saturated rings. The number of nitrogens with one attached hydrogen (secondary N) is 4. The summed E-state index contributed by atoms with van der Waals surface area (Å²) in [5, 5.41) is 9.85. The number of rotatable bonds is 5. The van der Waals surface area contributed by atoms with Crippen LogP contribution in [0.25, 0.3) is 10.9 Å². The molecule has 0 radical (unpaired) electrons. The number of hydrogen-bond acceptors (Lipinski definition) is 4. The summed E-state index contributed by atoms with van der Waals surface area (Å²) in [6.07, 6.45) is 3.39. The molecule has 2 aromatic heterocycles. The zero-order chi connectivity index (χ0) is 20.8. The second-order valence-electron chi connectivity index (χ2n) is 8.00. The molecule has 3 atom stereocenters. The maximum absolute atomic E-state index is 13.0. The summed E-state index contributed by atoms with van der Waals surface area (Å²) in [6, 6.07) is 9.31. The number of hydrogen-bond donors (Lipinski definition) is 4. The second kappa shape index (κ2) is 7.14. The Morgan fingerprint density at radius 2 is 1.97 bits per heavy atom. The number of carbonyl (C=O) groups excluding carboxylic acids is 2. The van der Waals surface area contributed by atoms with Crippen molar-refractivity contribution in [3.05, 3.63) is 69.8 Å². The number of piperidine rings is 1. The van der Waals surface area contributed by atoms with Crippen LogP contribution in [0.2, 0.25) is 0 Å².